The SMILES string of the molecule is O=C(OF)c1ccc(=O)[nH]c1. The Hall–Kier alpha value is -1.65. The number of halogens is 1. The van der Waals surface area contributed by atoms with E-state index in [1.807, 2.05) is 0 Å². The second kappa shape index (κ2) is 2.96. The number of carbonyl (C=O) groups is 1. The number of carbonyl (C=O) groups excluding carboxylic acids is 1. The molecule has 1 N–H and O–H groups in total. The molecule has 0 unspecified atom stereocenters. The molecule has 0 atom stereocenters. The summed E-state index contributed by atoms with van der Waals surface area (Å²) < 4.78 is 11.2. The van der Waals surface area contributed by atoms with Crippen molar-refractivity contribution in [3.05, 3.63) is 34.2 Å². The lowest BCUT2D eigenvalue weighted by Gasteiger charge is -1.90. The van der Waals surface area contributed by atoms with E-state index >= 15 is 0 Å². The van der Waals surface area contributed by atoms with Crippen LogP contribution in [0.25, 0.3) is 0 Å². The van der Waals surface area contributed by atoms with Gasteiger partial charge in [-0.1, -0.05) is 0 Å². The van der Waals surface area contributed by atoms with Crippen LogP contribution >= 0.6 is 0 Å². The molecule has 0 aromatic carbocycles. The van der Waals surface area contributed by atoms with Crippen molar-refractivity contribution in [3.63, 3.8) is 0 Å². The van der Waals surface area contributed by atoms with Crippen molar-refractivity contribution in [2.75, 3.05) is 0 Å². The predicted molar refractivity (Wildman–Crippen MR) is 33.6 cm³/mol. The molecule has 1 aromatic heterocycles. The summed E-state index contributed by atoms with van der Waals surface area (Å²) in [5.41, 5.74) is -0.396. The molecule has 0 fully saturated rings. The van der Waals surface area contributed by atoms with Crippen molar-refractivity contribution in [1.29, 1.82) is 0 Å². The van der Waals surface area contributed by atoms with Crippen LogP contribution in [0.4, 0.5) is 4.53 Å². The molecular weight excluding hydrogens is 153 g/mol. The highest BCUT2D eigenvalue weighted by atomic mass is 19.3. The second-order valence-corrected chi connectivity index (χ2v) is 1.81. The summed E-state index contributed by atoms with van der Waals surface area (Å²) in [6, 6.07) is 2.27. The van der Waals surface area contributed by atoms with Crippen LogP contribution in [0.2, 0.25) is 0 Å². The van der Waals surface area contributed by atoms with Crippen molar-refractivity contribution in [1.82, 2.24) is 4.98 Å². The predicted octanol–water partition coefficient (Wildman–Crippen LogP) is 0.416. The smallest absolute Gasteiger partial charge is 0.328 e. The topological polar surface area (TPSA) is 59.2 Å². The van der Waals surface area contributed by atoms with Gasteiger partial charge in [0.25, 0.3) is 0 Å². The Bertz CT molecular complexity index is 299. The van der Waals surface area contributed by atoms with E-state index in [0.717, 1.165) is 12.3 Å². The summed E-state index contributed by atoms with van der Waals surface area (Å²) >= 11 is 0. The van der Waals surface area contributed by atoms with Crippen LogP contribution in [-0.2, 0) is 4.94 Å². The summed E-state index contributed by atoms with van der Waals surface area (Å²) in [6.45, 7) is 0. The van der Waals surface area contributed by atoms with Gasteiger partial charge in [-0.2, -0.15) is 0 Å². The first-order valence-corrected chi connectivity index (χ1v) is 2.75. The van der Waals surface area contributed by atoms with Gasteiger partial charge >= 0.3 is 5.97 Å². The van der Waals surface area contributed by atoms with Gasteiger partial charge < -0.3 is 4.98 Å². The average molecular weight is 157 g/mol. The van der Waals surface area contributed by atoms with Crippen LogP contribution in [0.5, 0.6) is 0 Å². The molecule has 0 saturated heterocycles. The molecule has 1 rings (SSSR count). The largest absolute Gasteiger partial charge is 0.381 e. The molecule has 58 valence electrons. The first-order valence-electron chi connectivity index (χ1n) is 2.75. The van der Waals surface area contributed by atoms with Gasteiger partial charge in [0.05, 0.1) is 5.56 Å². The third kappa shape index (κ3) is 1.64. The van der Waals surface area contributed by atoms with Crippen molar-refractivity contribution < 1.29 is 14.3 Å². The Morgan fingerprint density at radius 1 is 1.55 bits per heavy atom. The van der Waals surface area contributed by atoms with E-state index in [0.29, 0.717) is 0 Å². The van der Waals surface area contributed by atoms with E-state index in [2.05, 4.69) is 9.93 Å². The van der Waals surface area contributed by atoms with E-state index in [4.69, 9.17) is 0 Å². The summed E-state index contributed by atoms with van der Waals surface area (Å²) in [4.78, 5) is 25.9. The maximum Gasteiger partial charge on any atom is 0.381 e. The van der Waals surface area contributed by atoms with Gasteiger partial charge in [-0.05, 0) is 6.07 Å². The van der Waals surface area contributed by atoms with Crippen molar-refractivity contribution in [2.45, 2.75) is 0 Å². The molecule has 1 heterocycles. The van der Waals surface area contributed by atoms with Crippen LogP contribution in [0.1, 0.15) is 10.4 Å². The molecule has 0 radical (unpaired) electrons. The molecule has 0 spiro atoms. The minimum Gasteiger partial charge on any atom is -0.328 e. The quantitative estimate of drug-likeness (QED) is 0.642. The Morgan fingerprint density at radius 3 is 2.73 bits per heavy atom. The molecule has 11 heavy (non-hydrogen) atoms. The summed E-state index contributed by atoms with van der Waals surface area (Å²) in [6.07, 6.45) is 1.07. The van der Waals surface area contributed by atoms with Crippen molar-refractivity contribution in [2.24, 2.45) is 0 Å². The van der Waals surface area contributed by atoms with Crippen LogP contribution in [0.15, 0.2) is 23.1 Å². The fourth-order valence-corrected chi connectivity index (χ4v) is 0.582. The fraction of sp³-hybridized carbons (Fsp3) is 0. The van der Waals surface area contributed by atoms with Crippen molar-refractivity contribution >= 4 is 5.97 Å². The highest BCUT2D eigenvalue weighted by molar-refractivity contribution is 5.88. The molecule has 4 nitrogen and oxygen atoms in total. The lowest BCUT2D eigenvalue weighted by molar-refractivity contribution is -0.0788. The minimum atomic E-state index is -1.12. The number of pyridine rings is 1. The van der Waals surface area contributed by atoms with Gasteiger partial charge in [-0.25, -0.2) is 9.74 Å². The van der Waals surface area contributed by atoms with E-state index in [1.165, 1.54) is 6.07 Å². The van der Waals surface area contributed by atoms with E-state index in [9.17, 15) is 14.1 Å². The third-order valence-electron chi connectivity index (χ3n) is 1.09. The van der Waals surface area contributed by atoms with Gasteiger partial charge in [-0.3, -0.25) is 4.79 Å². The summed E-state index contributed by atoms with van der Waals surface area (Å²) in [5.74, 6) is -1.12. The van der Waals surface area contributed by atoms with Crippen LogP contribution in [0.3, 0.4) is 0 Å². The number of H-pyrrole nitrogens is 1. The number of rotatable bonds is 1. The first kappa shape index (κ1) is 7.46. The first-order chi connectivity index (χ1) is 5.24. The Morgan fingerprint density at radius 2 is 2.27 bits per heavy atom. The zero-order valence-electron chi connectivity index (χ0n) is 5.33. The Kier molecular flexibility index (Phi) is 2.00. The number of aromatic amines is 1. The monoisotopic (exact) mass is 157 g/mol. The second-order valence-electron chi connectivity index (χ2n) is 1.81. The molecule has 0 bridgehead atoms. The molecule has 1 aromatic rings. The number of nitrogens with one attached hydrogen (secondary N) is 1. The lowest BCUT2D eigenvalue weighted by atomic mass is 10.3. The highest BCUT2D eigenvalue weighted by Gasteiger charge is 2.05. The van der Waals surface area contributed by atoms with Crippen LogP contribution in [0, 0.1) is 0 Å². The van der Waals surface area contributed by atoms with Gasteiger partial charge in [0.2, 0.25) is 5.56 Å². The van der Waals surface area contributed by atoms with Gasteiger partial charge in [0.1, 0.15) is 0 Å². The fourth-order valence-electron chi connectivity index (χ4n) is 0.582. The zero-order chi connectivity index (χ0) is 8.27. The number of hydrogen-bond donors (Lipinski definition) is 1. The molecular formula is C6H4FNO3. The number of aromatic nitrogens is 1. The molecule has 0 saturated carbocycles. The van der Waals surface area contributed by atoms with Crippen LogP contribution < -0.4 is 5.56 Å². The lowest BCUT2D eigenvalue weighted by Crippen LogP contribution is -2.06. The van der Waals surface area contributed by atoms with E-state index in [-0.39, 0.29) is 11.1 Å². The molecule has 0 aliphatic carbocycles. The van der Waals surface area contributed by atoms with Crippen LogP contribution in [-0.4, -0.2) is 11.0 Å². The molecule has 0 aliphatic rings. The molecule has 0 aliphatic heterocycles. The summed E-state index contributed by atoms with van der Waals surface area (Å²) in [7, 11) is 0. The van der Waals surface area contributed by atoms with Gasteiger partial charge in [-0.15, -0.1) is 0 Å². The standard InChI is InChI=1S/C6H4FNO3/c7-11-6(10)4-1-2-5(9)8-3-4/h1-3H,(H,8,9). The maximum atomic E-state index is 11.2. The van der Waals surface area contributed by atoms with E-state index in [1.54, 1.807) is 0 Å². The maximum absolute atomic E-state index is 11.2. The minimum absolute atomic E-state index is 0.0351. The zero-order valence-corrected chi connectivity index (χ0v) is 5.33. The third-order valence-corrected chi connectivity index (χ3v) is 1.09. The Balaban J connectivity index is 2.99. The Labute approximate surface area is 60.5 Å². The van der Waals surface area contributed by atoms with E-state index < -0.39 is 5.97 Å². The van der Waals surface area contributed by atoms with Crippen molar-refractivity contribution in [3.8, 4) is 0 Å². The normalized spacial score (nSPS) is 9.18. The highest BCUT2D eigenvalue weighted by Crippen LogP contribution is 1.96. The molecule has 0 amide bonds. The van der Waals surface area contributed by atoms with Gasteiger partial charge in [0, 0.05) is 16.8 Å². The number of hydrogen-bond acceptors (Lipinski definition) is 3. The van der Waals surface area contributed by atoms with Gasteiger partial charge in [0.15, 0.2) is 0 Å². The molecule has 5 heteroatoms. The summed E-state index contributed by atoms with van der Waals surface area (Å²) in [5, 5.41) is 0. The average Bonchev–Trinajstić information content (AvgIpc) is 2.05.